The zero-order chi connectivity index (χ0) is 17.4. The molecule has 5 nitrogen and oxygen atoms in total. The number of halogens is 1. The van der Waals surface area contributed by atoms with Crippen LogP contribution in [0.1, 0.15) is 19.4 Å². The Bertz CT molecular complexity index is 890. The Balaban J connectivity index is 1.95. The van der Waals surface area contributed by atoms with Gasteiger partial charge >= 0.3 is 0 Å². The van der Waals surface area contributed by atoms with Gasteiger partial charge in [-0.15, -0.1) is 0 Å². The molecule has 0 amide bonds. The number of anilines is 1. The monoisotopic (exact) mass is 408 g/mol. The maximum absolute atomic E-state index is 12.6. The summed E-state index contributed by atoms with van der Waals surface area (Å²) in [7, 11) is -3.69. The Labute approximate surface area is 149 Å². The van der Waals surface area contributed by atoms with Crippen molar-refractivity contribution in [2.24, 2.45) is 4.99 Å². The van der Waals surface area contributed by atoms with E-state index in [2.05, 4.69) is 25.6 Å². The van der Waals surface area contributed by atoms with Crippen molar-refractivity contribution < 1.29 is 13.2 Å². The molecule has 2 aromatic carbocycles. The molecule has 3 rings (SSSR count). The van der Waals surface area contributed by atoms with Crippen molar-refractivity contribution >= 4 is 37.5 Å². The molecule has 1 aliphatic rings. The molecule has 24 heavy (non-hydrogen) atoms. The number of rotatable bonds is 4. The van der Waals surface area contributed by atoms with Crippen LogP contribution in [0, 0.1) is 0 Å². The van der Waals surface area contributed by atoms with E-state index < -0.39 is 10.0 Å². The maximum atomic E-state index is 12.6. The summed E-state index contributed by atoms with van der Waals surface area (Å²) >= 11 is 3.30. The van der Waals surface area contributed by atoms with Crippen molar-refractivity contribution in [1.82, 2.24) is 0 Å². The van der Waals surface area contributed by atoms with Gasteiger partial charge in [-0.3, -0.25) is 4.72 Å². The zero-order valence-corrected chi connectivity index (χ0v) is 15.7. The lowest BCUT2D eigenvalue weighted by molar-refractivity contribution is 0.279. The van der Waals surface area contributed by atoms with E-state index in [0.717, 1.165) is 4.47 Å². The fraction of sp³-hybridized carbons (Fsp3) is 0.235. The molecule has 0 unspecified atom stereocenters. The van der Waals surface area contributed by atoms with Gasteiger partial charge in [0.1, 0.15) is 6.61 Å². The Hall–Kier alpha value is -1.86. The molecular formula is C17H17BrN2O3S. The predicted octanol–water partition coefficient (Wildman–Crippen LogP) is 3.81. The number of sulfonamides is 1. The molecule has 1 aliphatic heterocycles. The highest BCUT2D eigenvalue weighted by Crippen LogP contribution is 2.26. The van der Waals surface area contributed by atoms with E-state index in [1.54, 1.807) is 42.5 Å². The molecule has 1 N–H and O–H groups in total. The smallest absolute Gasteiger partial charge is 0.261 e. The molecule has 0 bridgehead atoms. The molecule has 1 heterocycles. The fourth-order valence-electron chi connectivity index (χ4n) is 2.30. The molecule has 2 aromatic rings. The molecule has 0 saturated heterocycles. The molecule has 0 aliphatic carbocycles. The third-order valence-electron chi connectivity index (χ3n) is 3.49. The summed E-state index contributed by atoms with van der Waals surface area (Å²) in [6, 6.07) is 13.5. The first-order valence-electron chi connectivity index (χ1n) is 7.37. The average Bonchev–Trinajstić information content (AvgIpc) is 2.88. The number of nitrogens with one attached hydrogen (secondary N) is 1. The molecule has 0 fully saturated rings. The van der Waals surface area contributed by atoms with Gasteiger partial charge in [0.05, 0.1) is 21.7 Å². The van der Waals surface area contributed by atoms with Crippen LogP contribution in [0.2, 0.25) is 0 Å². The van der Waals surface area contributed by atoms with Crippen LogP contribution in [0.25, 0.3) is 0 Å². The second kappa shape index (κ2) is 6.22. The highest BCUT2D eigenvalue weighted by molar-refractivity contribution is 9.10. The van der Waals surface area contributed by atoms with Crippen molar-refractivity contribution in [1.29, 1.82) is 0 Å². The Kier molecular flexibility index (Phi) is 4.40. The van der Waals surface area contributed by atoms with Crippen LogP contribution in [0.4, 0.5) is 5.69 Å². The van der Waals surface area contributed by atoms with E-state index in [-0.39, 0.29) is 10.4 Å². The molecule has 126 valence electrons. The first-order valence-corrected chi connectivity index (χ1v) is 9.65. The molecule has 7 heteroatoms. The van der Waals surface area contributed by atoms with Crippen molar-refractivity contribution in [3.05, 3.63) is 58.6 Å². The summed E-state index contributed by atoms with van der Waals surface area (Å²) in [6.07, 6.45) is 0. The van der Waals surface area contributed by atoms with Gasteiger partial charge in [0.2, 0.25) is 5.90 Å². The summed E-state index contributed by atoms with van der Waals surface area (Å²) in [4.78, 5) is 4.71. The molecule has 0 radical (unpaired) electrons. The van der Waals surface area contributed by atoms with E-state index in [0.29, 0.717) is 23.8 Å². The van der Waals surface area contributed by atoms with Gasteiger partial charge in [-0.1, -0.05) is 28.1 Å². The van der Waals surface area contributed by atoms with Gasteiger partial charge in [0.15, 0.2) is 0 Å². The van der Waals surface area contributed by atoms with E-state index in [1.807, 2.05) is 19.9 Å². The number of ether oxygens (including phenoxy) is 1. The van der Waals surface area contributed by atoms with Gasteiger partial charge in [0.25, 0.3) is 10.0 Å². The van der Waals surface area contributed by atoms with E-state index in [4.69, 9.17) is 4.74 Å². The Morgan fingerprint density at radius 3 is 2.42 bits per heavy atom. The van der Waals surface area contributed by atoms with Gasteiger partial charge in [0, 0.05) is 4.47 Å². The zero-order valence-electron chi connectivity index (χ0n) is 13.3. The van der Waals surface area contributed by atoms with Crippen LogP contribution >= 0.6 is 15.9 Å². The van der Waals surface area contributed by atoms with E-state index in [9.17, 15) is 8.42 Å². The SMILES string of the molecule is CC1(C)COC(c2ccccc2NS(=O)(=O)c2ccc(Br)cc2)=N1. The second-order valence-electron chi connectivity index (χ2n) is 6.12. The normalized spacial score (nSPS) is 16.4. The first-order chi connectivity index (χ1) is 11.3. The van der Waals surface area contributed by atoms with Crippen molar-refractivity contribution in [2.75, 3.05) is 11.3 Å². The molecule has 0 atom stereocenters. The van der Waals surface area contributed by atoms with E-state index >= 15 is 0 Å². The molecular weight excluding hydrogens is 392 g/mol. The molecule has 0 spiro atoms. The molecule has 0 saturated carbocycles. The van der Waals surface area contributed by atoms with Gasteiger partial charge < -0.3 is 4.74 Å². The van der Waals surface area contributed by atoms with E-state index in [1.165, 1.54) is 0 Å². The number of nitrogens with zero attached hydrogens (tertiary/aromatic N) is 1. The number of hydrogen-bond donors (Lipinski definition) is 1. The lowest BCUT2D eigenvalue weighted by atomic mass is 10.1. The first kappa shape index (κ1) is 17.0. The summed E-state index contributed by atoms with van der Waals surface area (Å²) in [6.45, 7) is 4.40. The van der Waals surface area contributed by atoms with Crippen molar-refractivity contribution in [2.45, 2.75) is 24.3 Å². The standard InChI is InChI=1S/C17H17BrN2O3S/c1-17(2)11-23-16(19-17)14-5-3-4-6-15(14)20-24(21,22)13-9-7-12(18)8-10-13/h3-10,20H,11H2,1-2H3. The van der Waals surface area contributed by atoms with Crippen LogP contribution in [-0.2, 0) is 14.8 Å². The number of hydrogen-bond acceptors (Lipinski definition) is 4. The van der Waals surface area contributed by atoms with Crippen LogP contribution in [-0.4, -0.2) is 26.5 Å². The number of benzene rings is 2. The summed E-state index contributed by atoms with van der Waals surface area (Å²) in [5, 5.41) is 0. The van der Waals surface area contributed by atoms with Gasteiger partial charge in [-0.25, -0.2) is 13.4 Å². The fourth-order valence-corrected chi connectivity index (χ4v) is 3.64. The number of aliphatic imine (C=N–C) groups is 1. The summed E-state index contributed by atoms with van der Waals surface area (Å²) in [5.74, 6) is 0.453. The highest BCUT2D eigenvalue weighted by atomic mass is 79.9. The Morgan fingerprint density at radius 1 is 1.12 bits per heavy atom. The quantitative estimate of drug-likeness (QED) is 0.835. The second-order valence-corrected chi connectivity index (χ2v) is 8.72. The minimum absolute atomic E-state index is 0.190. The van der Waals surface area contributed by atoms with Crippen molar-refractivity contribution in [3.8, 4) is 0 Å². The molecule has 0 aromatic heterocycles. The van der Waals surface area contributed by atoms with Crippen LogP contribution in [0.3, 0.4) is 0 Å². The van der Waals surface area contributed by atoms with Gasteiger partial charge in [-0.05, 0) is 50.2 Å². The number of para-hydroxylation sites is 1. The third-order valence-corrected chi connectivity index (χ3v) is 5.40. The highest BCUT2D eigenvalue weighted by Gasteiger charge is 2.28. The topological polar surface area (TPSA) is 67.8 Å². The summed E-state index contributed by atoms with van der Waals surface area (Å²) < 4.78 is 34.3. The maximum Gasteiger partial charge on any atom is 0.261 e. The summed E-state index contributed by atoms with van der Waals surface area (Å²) in [5.41, 5.74) is 0.758. The van der Waals surface area contributed by atoms with Crippen LogP contribution in [0.5, 0.6) is 0 Å². The van der Waals surface area contributed by atoms with Crippen LogP contribution < -0.4 is 4.72 Å². The van der Waals surface area contributed by atoms with Crippen LogP contribution in [0.15, 0.2) is 62.9 Å². The minimum Gasteiger partial charge on any atom is -0.475 e. The van der Waals surface area contributed by atoms with Crippen molar-refractivity contribution in [3.63, 3.8) is 0 Å². The third kappa shape index (κ3) is 3.62. The van der Waals surface area contributed by atoms with Gasteiger partial charge in [-0.2, -0.15) is 0 Å². The minimum atomic E-state index is -3.69. The lowest BCUT2D eigenvalue weighted by Crippen LogP contribution is -2.17. The Morgan fingerprint density at radius 2 is 1.79 bits per heavy atom. The predicted molar refractivity (Wildman–Crippen MR) is 98.0 cm³/mol. The lowest BCUT2D eigenvalue weighted by Gasteiger charge is -2.12. The largest absolute Gasteiger partial charge is 0.475 e. The average molecular weight is 409 g/mol.